The van der Waals surface area contributed by atoms with Gasteiger partial charge in [-0.05, 0) is 53.4 Å². The maximum Gasteiger partial charge on any atom is 0.335 e. The van der Waals surface area contributed by atoms with Crippen molar-refractivity contribution in [1.82, 2.24) is 0 Å². The Balaban J connectivity index is 1.83. The molecule has 2 aromatic carbocycles. The number of carbonyl (C=O) groups excluding carboxylic acids is 1. The molecule has 1 N–H and O–H groups in total. The monoisotopic (exact) mass is 364 g/mol. The van der Waals surface area contributed by atoms with Gasteiger partial charge >= 0.3 is 5.97 Å². The van der Waals surface area contributed by atoms with Crippen molar-refractivity contribution in [2.45, 2.75) is 0 Å². The topological polar surface area (TPSA) is 63.6 Å². The van der Waals surface area contributed by atoms with Gasteiger partial charge in [-0.3, -0.25) is 4.79 Å². The Hall–Kier alpha value is -3.18. The number of ketones is 1. The predicted octanol–water partition coefficient (Wildman–Crippen LogP) is 5.02. The van der Waals surface area contributed by atoms with E-state index in [1.165, 1.54) is 18.2 Å². The fourth-order valence-corrected chi connectivity index (χ4v) is 3.24. The molecule has 0 saturated carbocycles. The van der Waals surface area contributed by atoms with Crippen LogP contribution in [0, 0.1) is 0 Å². The summed E-state index contributed by atoms with van der Waals surface area (Å²) in [4.78, 5) is 24.4. The molecule has 0 aliphatic rings. The zero-order valence-corrected chi connectivity index (χ0v) is 14.8. The maximum absolute atomic E-state index is 12.5. The van der Waals surface area contributed by atoms with Gasteiger partial charge in [-0.1, -0.05) is 24.3 Å². The number of methoxy groups -OCH3 is 1. The third kappa shape index (κ3) is 3.90. The van der Waals surface area contributed by atoms with Crippen LogP contribution in [-0.2, 0) is 0 Å². The normalized spacial score (nSPS) is 10.8. The molecule has 0 radical (unpaired) electrons. The van der Waals surface area contributed by atoms with Crippen molar-refractivity contribution < 1.29 is 19.4 Å². The van der Waals surface area contributed by atoms with Crippen molar-refractivity contribution in [3.05, 3.63) is 82.7 Å². The second-order valence-corrected chi connectivity index (χ2v) is 6.46. The lowest BCUT2D eigenvalue weighted by Crippen LogP contribution is -1.97. The van der Waals surface area contributed by atoms with Crippen LogP contribution in [0.3, 0.4) is 0 Å². The molecule has 3 aromatic rings. The van der Waals surface area contributed by atoms with Crippen LogP contribution in [0.1, 0.15) is 26.3 Å². The molecular weight excluding hydrogens is 348 g/mol. The van der Waals surface area contributed by atoms with Gasteiger partial charge in [0.25, 0.3) is 0 Å². The van der Waals surface area contributed by atoms with Crippen molar-refractivity contribution in [3.63, 3.8) is 0 Å². The lowest BCUT2D eigenvalue weighted by molar-refractivity contribution is 0.0696. The molecule has 4 nitrogen and oxygen atoms in total. The molecule has 0 fully saturated rings. The Morgan fingerprint density at radius 1 is 1.04 bits per heavy atom. The van der Waals surface area contributed by atoms with Crippen LogP contribution in [0.2, 0.25) is 0 Å². The minimum Gasteiger partial charge on any atom is -0.496 e. The van der Waals surface area contributed by atoms with E-state index in [9.17, 15) is 9.59 Å². The Kier molecular flexibility index (Phi) is 5.29. The third-order valence-corrected chi connectivity index (χ3v) is 4.76. The average molecular weight is 364 g/mol. The summed E-state index contributed by atoms with van der Waals surface area (Å²) in [6.07, 6.45) is 3.15. The molecule has 130 valence electrons. The van der Waals surface area contributed by atoms with Crippen molar-refractivity contribution in [2.24, 2.45) is 0 Å². The Bertz CT molecular complexity index is 954. The minimum absolute atomic E-state index is 0.132. The van der Waals surface area contributed by atoms with E-state index in [1.807, 2.05) is 23.6 Å². The average Bonchev–Trinajstić information content (AvgIpc) is 3.20. The number of carboxylic acids is 1. The molecular formula is C21H16O4S. The highest BCUT2D eigenvalue weighted by molar-refractivity contribution is 7.13. The van der Waals surface area contributed by atoms with Gasteiger partial charge in [-0.2, -0.15) is 0 Å². The van der Waals surface area contributed by atoms with Gasteiger partial charge in [-0.15, -0.1) is 11.3 Å². The summed E-state index contributed by atoms with van der Waals surface area (Å²) in [6.45, 7) is 0. The summed E-state index contributed by atoms with van der Waals surface area (Å²) in [7, 11) is 1.61. The number of hydrogen-bond acceptors (Lipinski definition) is 4. The number of carbonyl (C=O) groups is 2. The van der Waals surface area contributed by atoms with E-state index in [0.29, 0.717) is 5.56 Å². The fraction of sp³-hybridized carbons (Fsp3) is 0.0476. The molecule has 0 aliphatic heterocycles. The van der Waals surface area contributed by atoms with Crippen molar-refractivity contribution >= 4 is 29.2 Å². The number of allylic oxidation sites excluding steroid dienone is 1. The van der Waals surface area contributed by atoms with E-state index in [-0.39, 0.29) is 11.3 Å². The Labute approximate surface area is 155 Å². The molecule has 0 saturated heterocycles. The number of hydrogen-bond donors (Lipinski definition) is 1. The number of rotatable bonds is 6. The van der Waals surface area contributed by atoms with Gasteiger partial charge in [-0.25, -0.2) is 4.79 Å². The van der Waals surface area contributed by atoms with E-state index in [2.05, 4.69) is 0 Å². The lowest BCUT2D eigenvalue weighted by atomic mass is 10.0. The number of carboxylic acid groups (broad SMARTS) is 1. The molecule has 0 unspecified atom stereocenters. The lowest BCUT2D eigenvalue weighted by Gasteiger charge is -2.08. The largest absolute Gasteiger partial charge is 0.496 e. The standard InChI is InChI=1S/C21H16O4S/c1-25-19-11-9-16(13-17(19)20-3-2-12-26-20)18(22)10-6-14-4-7-15(8-5-14)21(23)24/h2-13H,1H3,(H,23,24). The van der Waals surface area contributed by atoms with Crippen LogP contribution in [-0.4, -0.2) is 24.0 Å². The van der Waals surface area contributed by atoms with Crippen LogP contribution in [0.4, 0.5) is 0 Å². The van der Waals surface area contributed by atoms with E-state index in [0.717, 1.165) is 21.8 Å². The van der Waals surface area contributed by atoms with E-state index in [1.54, 1.807) is 48.8 Å². The fourth-order valence-electron chi connectivity index (χ4n) is 2.49. The van der Waals surface area contributed by atoms with Gasteiger partial charge < -0.3 is 9.84 Å². The maximum atomic E-state index is 12.5. The number of thiophene rings is 1. The SMILES string of the molecule is COc1ccc(C(=O)C=Cc2ccc(C(=O)O)cc2)cc1-c1cccs1. The van der Waals surface area contributed by atoms with E-state index in [4.69, 9.17) is 9.84 Å². The van der Waals surface area contributed by atoms with Gasteiger partial charge in [0.2, 0.25) is 0 Å². The van der Waals surface area contributed by atoms with Crippen LogP contribution < -0.4 is 4.74 Å². The number of ether oxygens (including phenoxy) is 1. The first-order valence-corrected chi connectivity index (χ1v) is 8.74. The quantitative estimate of drug-likeness (QED) is 0.493. The second-order valence-electron chi connectivity index (χ2n) is 5.52. The van der Waals surface area contributed by atoms with Crippen LogP contribution in [0.15, 0.2) is 66.1 Å². The summed E-state index contributed by atoms with van der Waals surface area (Å²) in [5.41, 5.74) is 2.42. The van der Waals surface area contributed by atoms with E-state index >= 15 is 0 Å². The highest BCUT2D eigenvalue weighted by Crippen LogP contribution is 2.34. The highest BCUT2D eigenvalue weighted by Gasteiger charge is 2.11. The smallest absolute Gasteiger partial charge is 0.335 e. The molecule has 5 heteroatoms. The zero-order chi connectivity index (χ0) is 18.5. The minimum atomic E-state index is -0.976. The summed E-state index contributed by atoms with van der Waals surface area (Å²) in [5, 5.41) is 10.9. The third-order valence-electron chi connectivity index (χ3n) is 3.86. The van der Waals surface area contributed by atoms with Gasteiger partial charge in [0.1, 0.15) is 5.75 Å². The summed E-state index contributed by atoms with van der Waals surface area (Å²) in [5.74, 6) is -0.388. The molecule has 0 atom stereocenters. The molecule has 0 bridgehead atoms. The summed E-state index contributed by atoms with van der Waals surface area (Å²) >= 11 is 1.58. The van der Waals surface area contributed by atoms with Crippen LogP contribution >= 0.6 is 11.3 Å². The first-order valence-electron chi connectivity index (χ1n) is 7.86. The van der Waals surface area contributed by atoms with Crippen LogP contribution in [0.5, 0.6) is 5.75 Å². The first kappa shape index (κ1) is 17.6. The molecule has 3 rings (SSSR count). The van der Waals surface area contributed by atoms with Crippen molar-refractivity contribution in [3.8, 4) is 16.2 Å². The first-order chi connectivity index (χ1) is 12.6. The molecule has 1 heterocycles. The molecule has 1 aromatic heterocycles. The molecule has 0 aliphatic carbocycles. The number of aromatic carboxylic acids is 1. The second kappa shape index (κ2) is 7.80. The molecule has 0 spiro atoms. The van der Waals surface area contributed by atoms with E-state index < -0.39 is 5.97 Å². The van der Waals surface area contributed by atoms with Gasteiger partial charge in [0.05, 0.1) is 12.7 Å². The summed E-state index contributed by atoms with van der Waals surface area (Å²) < 4.78 is 5.39. The van der Waals surface area contributed by atoms with Crippen molar-refractivity contribution in [1.29, 1.82) is 0 Å². The van der Waals surface area contributed by atoms with Gasteiger partial charge in [0, 0.05) is 16.0 Å². The number of benzene rings is 2. The summed E-state index contributed by atoms with van der Waals surface area (Å²) in [6, 6.07) is 15.6. The molecule has 0 amide bonds. The van der Waals surface area contributed by atoms with Gasteiger partial charge in [0.15, 0.2) is 5.78 Å². The Morgan fingerprint density at radius 3 is 2.38 bits per heavy atom. The molecule has 26 heavy (non-hydrogen) atoms. The predicted molar refractivity (Wildman–Crippen MR) is 103 cm³/mol. The highest BCUT2D eigenvalue weighted by atomic mass is 32.1. The zero-order valence-electron chi connectivity index (χ0n) is 14.0. The van der Waals surface area contributed by atoms with Crippen LogP contribution in [0.25, 0.3) is 16.5 Å². The van der Waals surface area contributed by atoms with Crippen molar-refractivity contribution in [2.75, 3.05) is 7.11 Å². The Morgan fingerprint density at radius 2 is 1.77 bits per heavy atom.